The highest BCUT2D eigenvalue weighted by atomic mass is 19.1. The number of ether oxygens (including phenoxy) is 1. The molecule has 1 atom stereocenters. The van der Waals surface area contributed by atoms with Gasteiger partial charge >= 0.3 is 0 Å². The molecule has 4 rings (SSSR count). The van der Waals surface area contributed by atoms with E-state index in [-0.39, 0.29) is 17.4 Å². The number of nitrogens with zero attached hydrogens (tertiary/aromatic N) is 1. The third kappa shape index (κ3) is 3.92. The van der Waals surface area contributed by atoms with Crippen LogP contribution in [0.25, 0.3) is 0 Å². The normalized spacial score (nSPS) is 18.4. The Kier molecular flexibility index (Phi) is 5.66. The van der Waals surface area contributed by atoms with E-state index in [0.717, 1.165) is 5.56 Å². The van der Waals surface area contributed by atoms with Crippen LogP contribution < -0.4 is 10.6 Å². The van der Waals surface area contributed by atoms with Crippen LogP contribution in [-0.2, 0) is 22.5 Å². The summed E-state index contributed by atoms with van der Waals surface area (Å²) in [6.45, 7) is 3.43. The van der Waals surface area contributed by atoms with Gasteiger partial charge in [-0.2, -0.15) is 0 Å². The SMILES string of the molecule is O=C(Nc1ccc2c(c1F)CCNC2)C(c1cccc(F)c1)N1CCOCC1. The van der Waals surface area contributed by atoms with E-state index in [9.17, 15) is 13.6 Å². The molecule has 28 heavy (non-hydrogen) atoms. The van der Waals surface area contributed by atoms with E-state index in [1.165, 1.54) is 12.1 Å². The lowest BCUT2D eigenvalue weighted by Crippen LogP contribution is -2.44. The average molecular weight is 387 g/mol. The van der Waals surface area contributed by atoms with Crippen molar-refractivity contribution in [2.75, 3.05) is 38.2 Å². The molecule has 1 fully saturated rings. The molecule has 0 spiro atoms. The number of hydrogen-bond donors (Lipinski definition) is 2. The summed E-state index contributed by atoms with van der Waals surface area (Å²) in [5, 5.41) is 5.94. The number of benzene rings is 2. The Balaban J connectivity index is 1.62. The molecule has 2 heterocycles. The van der Waals surface area contributed by atoms with E-state index >= 15 is 0 Å². The minimum absolute atomic E-state index is 0.167. The fourth-order valence-electron chi connectivity index (χ4n) is 3.87. The first-order valence-corrected chi connectivity index (χ1v) is 9.52. The molecule has 0 aliphatic carbocycles. The second-order valence-electron chi connectivity index (χ2n) is 7.09. The van der Waals surface area contributed by atoms with Crippen molar-refractivity contribution in [3.63, 3.8) is 0 Å². The van der Waals surface area contributed by atoms with Crippen molar-refractivity contribution in [1.82, 2.24) is 10.2 Å². The largest absolute Gasteiger partial charge is 0.379 e. The molecule has 2 aromatic rings. The minimum atomic E-state index is -0.711. The van der Waals surface area contributed by atoms with Crippen molar-refractivity contribution in [3.05, 3.63) is 64.7 Å². The molecule has 0 radical (unpaired) electrons. The molecular weight excluding hydrogens is 364 g/mol. The number of amides is 1. The molecule has 1 saturated heterocycles. The van der Waals surface area contributed by atoms with Gasteiger partial charge in [-0.25, -0.2) is 8.78 Å². The Labute approximate surface area is 162 Å². The van der Waals surface area contributed by atoms with Gasteiger partial charge in [-0.3, -0.25) is 9.69 Å². The second-order valence-corrected chi connectivity index (χ2v) is 7.09. The number of morpholine rings is 1. The highest BCUT2D eigenvalue weighted by Crippen LogP contribution is 2.28. The molecule has 2 aromatic carbocycles. The minimum Gasteiger partial charge on any atom is -0.379 e. The molecular formula is C21H23F2N3O2. The highest BCUT2D eigenvalue weighted by molar-refractivity contribution is 5.95. The van der Waals surface area contributed by atoms with Crippen LogP contribution in [0.5, 0.6) is 0 Å². The van der Waals surface area contributed by atoms with Crippen molar-refractivity contribution < 1.29 is 18.3 Å². The zero-order valence-corrected chi connectivity index (χ0v) is 15.5. The van der Waals surface area contributed by atoms with Gasteiger partial charge in [-0.1, -0.05) is 18.2 Å². The van der Waals surface area contributed by atoms with Crippen molar-refractivity contribution in [1.29, 1.82) is 0 Å². The molecule has 1 unspecified atom stereocenters. The van der Waals surface area contributed by atoms with Crippen molar-refractivity contribution in [3.8, 4) is 0 Å². The summed E-state index contributed by atoms with van der Waals surface area (Å²) >= 11 is 0. The van der Waals surface area contributed by atoms with Crippen LogP contribution in [0.15, 0.2) is 36.4 Å². The highest BCUT2D eigenvalue weighted by Gasteiger charge is 2.30. The maximum absolute atomic E-state index is 15.0. The van der Waals surface area contributed by atoms with Gasteiger partial charge in [-0.15, -0.1) is 0 Å². The first-order chi connectivity index (χ1) is 13.6. The summed E-state index contributed by atoms with van der Waals surface area (Å²) in [6.07, 6.45) is 0.585. The molecule has 7 heteroatoms. The van der Waals surface area contributed by atoms with E-state index in [1.807, 2.05) is 11.0 Å². The smallest absolute Gasteiger partial charge is 0.246 e. The molecule has 148 valence electrons. The molecule has 0 aromatic heterocycles. The van der Waals surface area contributed by atoms with Crippen LogP contribution >= 0.6 is 0 Å². The summed E-state index contributed by atoms with van der Waals surface area (Å²) in [6, 6.07) is 8.73. The summed E-state index contributed by atoms with van der Waals surface area (Å²) < 4.78 is 34.1. The van der Waals surface area contributed by atoms with E-state index in [1.54, 1.807) is 18.2 Å². The van der Waals surface area contributed by atoms with Crippen LogP contribution in [0.1, 0.15) is 22.7 Å². The standard InChI is InChI=1S/C21H23F2N3O2/c22-16-3-1-2-14(12-16)20(26-8-10-28-11-9-26)21(27)25-18-5-4-15-13-24-7-6-17(15)19(18)23/h1-5,12,20,24H,6-11,13H2,(H,25,27). The predicted molar refractivity (Wildman–Crippen MR) is 102 cm³/mol. The van der Waals surface area contributed by atoms with Gasteiger partial charge in [0.05, 0.1) is 18.9 Å². The van der Waals surface area contributed by atoms with Crippen LogP contribution in [0.3, 0.4) is 0 Å². The van der Waals surface area contributed by atoms with Gasteiger partial charge in [-0.05, 0) is 47.9 Å². The summed E-state index contributed by atoms with van der Waals surface area (Å²) in [5.74, 6) is -1.16. The zero-order valence-electron chi connectivity index (χ0n) is 15.5. The van der Waals surface area contributed by atoms with Crippen molar-refractivity contribution in [2.24, 2.45) is 0 Å². The maximum atomic E-state index is 15.0. The average Bonchev–Trinajstić information content (AvgIpc) is 2.71. The molecule has 0 bridgehead atoms. The van der Waals surface area contributed by atoms with Crippen LogP contribution in [0, 0.1) is 11.6 Å². The number of carbonyl (C=O) groups is 1. The quantitative estimate of drug-likeness (QED) is 0.847. The number of fused-ring (bicyclic) bond motifs is 1. The van der Waals surface area contributed by atoms with Crippen LogP contribution in [0.2, 0.25) is 0 Å². The number of halogens is 2. The number of rotatable bonds is 4. The third-order valence-corrected chi connectivity index (χ3v) is 5.29. The zero-order chi connectivity index (χ0) is 19.5. The molecule has 5 nitrogen and oxygen atoms in total. The summed E-state index contributed by atoms with van der Waals surface area (Å²) in [4.78, 5) is 15.1. The van der Waals surface area contributed by atoms with E-state index in [2.05, 4.69) is 10.6 Å². The Bertz CT molecular complexity index is 869. The lowest BCUT2D eigenvalue weighted by Gasteiger charge is -2.34. The number of anilines is 1. The lowest BCUT2D eigenvalue weighted by atomic mass is 9.99. The Morgan fingerprint density at radius 1 is 1.18 bits per heavy atom. The van der Waals surface area contributed by atoms with E-state index in [4.69, 9.17) is 4.74 Å². The van der Waals surface area contributed by atoms with Gasteiger partial charge in [0.1, 0.15) is 17.7 Å². The first-order valence-electron chi connectivity index (χ1n) is 9.52. The van der Waals surface area contributed by atoms with Crippen molar-refractivity contribution in [2.45, 2.75) is 19.0 Å². The van der Waals surface area contributed by atoms with Gasteiger partial charge in [0.2, 0.25) is 5.91 Å². The maximum Gasteiger partial charge on any atom is 0.246 e. The molecule has 0 saturated carbocycles. The third-order valence-electron chi connectivity index (χ3n) is 5.29. The molecule has 2 N–H and O–H groups in total. The van der Waals surface area contributed by atoms with Crippen LogP contribution in [-0.4, -0.2) is 43.7 Å². The van der Waals surface area contributed by atoms with E-state index in [0.29, 0.717) is 56.9 Å². The number of nitrogens with one attached hydrogen (secondary N) is 2. The first kappa shape index (κ1) is 19.0. The van der Waals surface area contributed by atoms with Crippen molar-refractivity contribution >= 4 is 11.6 Å². The fraction of sp³-hybridized carbons (Fsp3) is 0.381. The molecule has 2 aliphatic heterocycles. The van der Waals surface area contributed by atoms with Crippen LogP contribution in [0.4, 0.5) is 14.5 Å². The lowest BCUT2D eigenvalue weighted by molar-refractivity contribution is -0.123. The number of carbonyl (C=O) groups excluding carboxylic acids is 1. The van der Waals surface area contributed by atoms with Gasteiger partial charge in [0, 0.05) is 19.6 Å². The van der Waals surface area contributed by atoms with Gasteiger partial charge in [0.15, 0.2) is 0 Å². The van der Waals surface area contributed by atoms with E-state index < -0.39 is 11.9 Å². The monoisotopic (exact) mass is 387 g/mol. The Morgan fingerprint density at radius 3 is 2.79 bits per heavy atom. The number of hydrogen-bond acceptors (Lipinski definition) is 4. The molecule has 2 aliphatic rings. The fourth-order valence-corrected chi connectivity index (χ4v) is 3.87. The predicted octanol–water partition coefficient (Wildman–Crippen LogP) is 2.62. The summed E-state index contributed by atoms with van der Waals surface area (Å²) in [5.41, 5.74) is 2.27. The topological polar surface area (TPSA) is 53.6 Å². The van der Waals surface area contributed by atoms with Gasteiger partial charge < -0.3 is 15.4 Å². The Morgan fingerprint density at radius 2 is 2.00 bits per heavy atom. The van der Waals surface area contributed by atoms with Gasteiger partial charge in [0.25, 0.3) is 0 Å². The second kappa shape index (κ2) is 8.34. The Hall–Kier alpha value is -2.35. The molecule has 1 amide bonds. The summed E-state index contributed by atoms with van der Waals surface area (Å²) in [7, 11) is 0.